The van der Waals surface area contributed by atoms with Crippen LogP contribution in [-0.4, -0.2) is 24.2 Å². The summed E-state index contributed by atoms with van der Waals surface area (Å²) in [5.74, 6) is 1.42. The summed E-state index contributed by atoms with van der Waals surface area (Å²) in [5.41, 5.74) is 5.93. The molecule has 6 heteroatoms. The normalized spacial score (nSPS) is 15.3. The minimum atomic E-state index is 0. The summed E-state index contributed by atoms with van der Waals surface area (Å²) in [6, 6.07) is 7.80. The van der Waals surface area contributed by atoms with E-state index < -0.39 is 0 Å². The fourth-order valence-corrected chi connectivity index (χ4v) is 3.01. The van der Waals surface area contributed by atoms with E-state index in [1.54, 1.807) is 11.8 Å². The van der Waals surface area contributed by atoms with Crippen LogP contribution in [0.3, 0.4) is 0 Å². The molecular formula is C14H20Cl2N2OS. The van der Waals surface area contributed by atoms with Gasteiger partial charge < -0.3 is 11.1 Å². The number of carbonyl (C=O) groups excluding carboxylic acids is 1. The number of benzene rings is 1. The molecule has 0 spiro atoms. The van der Waals surface area contributed by atoms with Gasteiger partial charge in [0.2, 0.25) is 5.91 Å². The molecule has 3 nitrogen and oxygen atoms in total. The largest absolute Gasteiger partial charge is 0.355 e. The first kappa shape index (κ1) is 17.6. The highest BCUT2D eigenvalue weighted by Crippen LogP contribution is 2.31. The third kappa shape index (κ3) is 5.92. The van der Waals surface area contributed by atoms with E-state index in [2.05, 4.69) is 5.32 Å². The number of nitrogens with two attached hydrogens (primary N) is 1. The number of amides is 1. The molecule has 20 heavy (non-hydrogen) atoms. The van der Waals surface area contributed by atoms with Crippen molar-refractivity contribution in [3.63, 3.8) is 0 Å². The van der Waals surface area contributed by atoms with Gasteiger partial charge >= 0.3 is 0 Å². The molecule has 112 valence electrons. The lowest BCUT2D eigenvalue weighted by Gasteiger charge is -2.11. The molecule has 0 radical (unpaired) electrons. The van der Waals surface area contributed by atoms with E-state index in [1.165, 1.54) is 12.8 Å². The van der Waals surface area contributed by atoms with Crippen molar-refractivity contribution in [3.8, 4) is 0 Å². The van der Waals surface area contributed by atoms with Gasteiger partial charge in [-0.2, -0.15) is 0 Å². The SMILES string of the molecule is Cl.NC(CNC(=O)CCSc1ccccc1Cl)C1CC1. The Morgan fingerprint density at radius 2 is 2.15 bits per heavy atom. The van der Waals surface area contributed by atoms with Crippen LogP contribution in [0.15, 0.2) is 29.2 Å². The Bertz CT molecular complexity index is 441. The van der Waals surface area contributed by atoms with E-state index in [0.29, 0.717) is 18.9 Å². The summed E-state index contributed by atoms with van der Waals surface area (Å²) in [4.78, 5) is 12.7. The molecule has 1 amide bonds. The third-order valence-electron chi connectivity index (χ3n) is 3.19. The number of hydrogen-bond donors (Lipinski definition) is 2. The van der Waals surface area contributed by atoms with Crippen LogP contribution in [0.1, 0.15) is 19.3 Å². The number of halogens is 2. The van der Waals surface area contributed by atoms with E-state index in [1.807, 2.05) is 24.3 Å². The molecule has 0 heterocycles. The molecule has 1 unspecified atom stereocenters. The molecule has 1 aromatic rings. The van der Waals surface area contributed by atoms with E-state index in [-0.39, 0.29) is 24.4 Å². The van der Waals surface area contributed by atoms with Crippen molar-refractivity contribution >= 4 is 41.7 Å². The molecule has 3 N–H and O–H groups in total. The number of carbonyl (C=O) groups is 1. The Labute approximate surface area is 135 Å². The average Bonchev–Trinajstić information content (AvgIpc) is 3.22. The maximum atomic E-state index is 11.7. The van der Waals surface area contributed by atoms with Crippen molar-refractivity contribution in [2.45, 2.75) is 30.2 Å². The fraction of sp³-hybridized carbons (Fsp3) is 0.500. The molecule has 1 aliphatic rings. The maximum absolute atomic E-state index is 11.7. The zero-order valence-electron chi connectivity index (χ0n) is 11.2. The quantitative estimate of drug-likeness (QED) is 0.753. The van der Waals surface area contributed by atoms with Crippen LogP contribution in [0.5, 0.6) is 0 Å². The van der Waals surface area contributed by atoms with Gasteiger partial charge in [-0.05, 0) is 30.9 Å². The minimum absolute atomic E-state index is 0. The van der Waals surface area contributed by atoms with Gasteiger partial charge in [0.25, 0.3) is 0 Å². The molecule has 1 fully saturated rings. The predicted molar refractivity (Wildman–Crippen MR) is 87.8 cm³/mol. The van der Waals surface area contributed by atoms with E-state index >= 15 is 0 Å². The monoisotopic (exact) mass is 334 g/mol. The van der Waals surface area contributed by atoms with Gasteiger partial charge in [-0.25, -0.2) is 0 Å². The minimum Gasteiger partial charge on any atom is -0.355 e. The van der Waals surface area contributed by atoms with Gasteiger partial charge in [0, 0.05) is 29.7 Å². The Morgan fingerprint density at radius 1 is 1.45 bits per heavy atom. The average molecular weight is 335 g/mol. The first-order valence-corrected chi connectivity index (χ1v) is 7.93. The van der Waals surface area contributed by atoms with Crippen LogP contribution in [-0.2, 0) is 4.79 Å². The van der Waals surface area contributed by atoms with Crippen LogP contribution in [0.4, 0.5) is 0 Å². The first-order chi connectivity index (χ1) is 9.16. The summed E-state index contributed by atoms with van der Waals surface area (Å²) >= 11 is 7.65. The first-order valence-electron chi connectivity index (χ1n) is 6.56. The van der Waals surface area contributed by atoms with Gasteiger partial charge in [-0.15, -0.1) is 24.2 Å². The lowest BCUT2D eigenvalue weighted by Crippen LogP contribution is -2.38. The second kappa shape index (κ2) is 8.78. The Kier molecular flexibility index (Phi) is 7.74. The maximum Gasteiger partial charge on any atom is 0.220 e. The number of nitrogens with one attached hydrogen (secondary N) is 1. The summed E-state index contributed by atoms with van der Waals surface area (Å²) in [7, 11) is 0. The van der Waals surface area contributed by atoms with E-state index in [9.17, 15) is 4.79 Å². The van der Waals surface area contributed by atoms with Crippen LogP contribution < -0.4 is 11.1 Å². The van der Waals surface area contributed by atoms with E-state index in [0.717, 1.165) is 15.7 Å². The standard InChI is InChI=1S/C14H19ClN2OS.ClH/c15-11-3-1-2-4-13(11)19-8-7-14(18)17-9-12(16)10-5-6-10;/h1-4,10,12H,5-9,16H2,(H,17,18);1H. The van der Waals surface area contributed by atoms with E-state index in [4.69, 9.17) is 17.3 Å². The molecule has 0 aliphatic heterocycles. The predicted octanol–water partition coefficient (Wildman–Crippen LogP) is 3.10. The van der Waals surface area contributed by atoms with Crippen LogP contribution in [0.2, 0.25) is 5.02 Å². The van der Waals surface area contributed by atoms with Crippen LogP contribution in [0.25, 0.3) is 0 Å². The Morgan fingerprint density at radius 3 is 2.80 bits per heavy atom. The summed E-state index contributed by atoms with van der Waals surface area (Å²) in [6.07, 6.45) is 2.91. The third-order valence-corrected chi connectivity index (χ3v) is 4.70. The lowest BCUT2D eigenvalue weighted by atomic mass is 10.2. The van der Waals surface area contributed by atoms with Crippen molar-refractivity contribution in [1.82, 2.24) is 5.32 Å². The molecule has 1 atom stereocenters. The zero-order chi connectivity index (χ0) is 13.7. The molecule has 1 saturated carbocycles. The lowest BCUT2D eigenvalue weighted by molar-refractivity contribution is -0.120. The second-order valence-corrected chi connectivity index (χ2v) is 6.38. The van der Waals surface area contributed by atoms with Gasteiger partial charge in [-0.1, -0.05) is 23.7 Å². The molecule has 0 aromatic heterocycles. The van der Waals surface area contributed by atoms with Gasteiger partial charge in [-0.3, -0.25) is 4.79 Å². The molecule has 1 aliphatic carbocycles. The van der Waals surface area contributed by atoms with Crippen molar-refractivity contribution < 1.29 is 4.79 Å². The topological polar surface area (TPSA) is 55.1 Å². The fourth-order valence-electron chi connectivity index (χ4n) is 1.83. The molecule has 1 aromatic carbocycles. The highest BCUT2D eigenvalue weighted by molar-refractivity contribution is 7.99. The van der Waals surface area contributed by atoms with Gasteiger partial charge in [0.15, 0.2) is 0 Å². The molecule has 0 saturated heterocycles. The Hall–Kier alpha value is -0.420. The van der Waals surface area contributed by atoms with Crippen LogP contribution >= 0.6 is 35.8 Å². The van der Waals surface area contributed by atoms with Gasteiger partial charge in [0.1, 0.15) is 0 Å². The number of hydrogen-bond acceptors (Lipinski definition) is 3. The summed E-state index contributed by atoms with van der Waals surface area (Å²) in [6.45, 7) is 0.597. The second-order valence-electron chi connectivity index (χ2n) is 4.83. The van der Waals surface area contributed by atoms with Crippen molar-refractivity contribution in [3.05, 3.63) is 29.3 Å². The molecule has 0 bridgehead atoms. The van der Waals surface area contributed by atoms with Crippen LogP contribution in [0, 0.1) is 5.92 Å². The van der Waals surface area contributed by atoms with Gasteiger partial charge in [0.05, 0.1) is 5.02 Å². The molecular weight excluding hydrogens is 315 g/mol. The number of rotatable bonds is 7. The number of thioether (sulfide) groups is 1. The molecule has 2 rings (SSSR count). The highest BCUT2D eigenvalue weighted by Gasteiger charge is 2.28. The zero-order valence-corrected chi connectivity index (χ0v) is 13.6. The Balaban J connectivity index is 0.00000200. The summed E-state index contributed by atoms with van der Waals surface area (Å²) < 4.78 is 0. The van der Waals surface area contributed by atoms with Crippen molar-refractivity contribution in [2.75, 3.05) is 12.3 Å². The van der Waals surface area contributed by atoms with Crippen molar-refractivity contribution in [1.29, 1.82) is 0 Å². The van der Waals surface area contributed by atoms with Crippen molar-refractivity contribution in [2.24, 2.45) is 11.7 Å². The summed E-state index contributed by atoms with van der Waals surface area (Å²) in [5, 5.41) is 3.63. The smallest absolute Gasteiger partial charge is 0.220 e. The highest BCUT2D eigenvalue weighted by atomic mass is 35.5.